The normalized spacial score (nSPS) is 10.9. The number of fused-ring (bicyclic) bond motifs is 1. The lowest BCUT2D eigenvalue weighted by atomic mass is 10.1. The number of hydrogen-bond donors (Lipinski definition) is 1. The summed E-state index contributed by atoms with van der Waals surface area (Å²) in [5, 5.41) is 11.6. The van der Waals surface area contributed by atoms with E-state index >= 15 is 0 Å². The highest BCUT2D eigenvalue weighted by atomic mass is 79.9. The Morgan fingerprint density at radius 1 is 1.00 bits per heavy atom. The number of nitrogen functional groups attached to an aromatic ring is 1. The minimum Gasteiger partial charge on any atom is -0.374 e. The Kier molecular flexibility index (Phi) is 2.57. The second kappa shape index (κ2) is 4.09. The van der Waals surface area contributed by atoms with Crippen molar-refractivity contribution >= 4 is 43.2 Å². The van der Waals surface area contributed by atoms with Crippen LogP contribution in [-0.2, 0) is 0 Å². The molecule has 0 amide bonds. The number of benzene rings is 2. The predicted octanol–water partition coefficient (Wildman–Crippen LogP) is 3.70. The molecular formula is C12H8BrN3S. The van der Waals surface area contributed by atoms with E-state index in [1.165, 1.54) is 16.7 Å². The zero-order valence-electron chi connectivity index (χ0n) is 8.72. The first kappa shape index (κ1) is 10.7. The van der Waals surface area contributed by atoms with Crippen LogP contribution in [0, 0.1) is 0 Å². The Hall–Kier alpha value is -1.46. The summed E-state index contributed by atoms with van der Waals surface area (Å²) in [4.78, 5) is 0. The van der Waals surface area contributed by atoms with E-state index in [2.05, 4.69) is 38.3 Å². The van der Waals surface area contributed by atoms with E-state index < -0.39 is 0 Å². The molecule has 2 aromatic carbocycles. The third-order valence-corrected chi connectivity index (χ3v) is 4.02. The zero-order valence-corrected chi connectivity index (χ0v) is 11.1. The summed E-state index contributed by atoms with van der Waals surface area (Å²) >= 11 is 4.95. The fourth-order valence-electron chi connectivity index (χ4n) is 1.79. The lowest BCUT2D eigenvalue weighted by Crippen LogP contribution is -1.82. The highest BCUT2D eigenvalue weighted by Crippen LogP contribution is 2.34. The fraction of sp³-hybridized carbons (Fsp3) is 0. The molecular weight excluding hydrogens is 298 g/mol. The zero-order chi connectivity index (χ0) is 11.8. The maximum atomic E-state index is 5.63. The Balaban J connectivity index is 2.34. The van der Waals surface area contributed by atoms with E-state index in [1.54, 1.807) is 0 Å². The number of nitrogens with two attached hydrogens (primary N) is 1. The van der Waals surface area contributed by atoms with Crippen LogP contribution in [0.1, 0.15) is 0 Å². The van der Waals surface area contributed by atoms with Gasteiger partial charge >= 0.3 is 0 Å². The Morgan fingerprint density at radius 3 is 2.47 bits per heavy atom. The third kappa shape index (κ3) is 1.81. The highest BCUT2D eigenvalue weighted by Gasteiger charge is 2.09. The maximum absolute atomic E-state index is 5.63. The van der Waals surface area contributed by atoms with Crippen LogP contribution in [0.25, 0.3) is 21.3 Å². The lowest BCUT2D eigenvalue weighted by Gasteiger charge is -2.04. The van der Waals surface area contributed by atoms with E-state index in [0.29, 0.717) is 5.13 Å². The molecule has 1 heterocycles. The Bertz CT molecular complexity index is 693. The molecule has 1 aromatic heterocycles. The molecule has 0 atom stereocenters. The molecule has 0 aliphatic heterocycles. The Labute approximate surface area is 110 Å². The van der Waals surface area contributed by atoms with Gasteiger partial charge < -0.3 is 5.73 Å². The minimum atomic E-state index is 0.493. The molecule has 0 spiro atoms. The van der Waals surface area contributed by atoms with Crippen molar-refractivity contribution in [3.63, 3.8) is 0 Å². The van der Waals surface area contributed by atoms with E-state index in [9.17, 15) is 0 Å². The van der Waals surface area contributed by atoms with Crippen LogP contribution in [-0.4, -0.2) is 10.2 Å². The number of anilines is 1. The summed E-state index contributed by atoms with van der Waals surface area (Å²) in [5.41, 5.74) is 6.69. The van der Waals surface area contributed by atoms with Crippen molar-refractivity contribution in [2.75, 3.05) is 5.73 Å². The maximum Gasteiger partial charge on any atom is 0.203 e. The molecule has 5 heteroatoms. The number of aromatic nitrogens is 2. The third-order valence-electron chi connectivity index (χ3n) is 2.54. The summed E-state index contributed by atoms with van der Waals surface area (Å²) in [5.74, 6) is 0. The molecule has 0 fully saturated rings. The van der Waals surface area contributed by atoms with Crippen molar-refractivity contribution in [2.24, 2.45) is 0 Å². The van der Waals surface area contributed by atoms with E-state index in [4.69, 9.17) is 5.73 Å². The van der Waals surface area contributed by atoms with Crippen LogP contribution in [0.5, 0.6) is 0 Å². The Morgan fingerprint density at radius 2 is 1.76 bits per heavy atom. The van der Waals surface area contributed by atoms with Gasteiger partial charge in [0.2, 0.25) is 5.13 Å². The van der Waals surface area contributed by atoms with E-state index in [0.717, 1.165) is 20.4 Å². The SMILES string of the molecule is Nc1nnc(-c2ccc(Br)c3ccccc23)s1. The molecule has 0 aliphatic rings. The van der Waals surface area contributed by atoms with Crippen molar-refractivity contribution in [3.05, 3.63) is 40.9 Å². The standard InChI is InChI=1S/C12H8BrN3S/c13-10-6-5-9(11-15-16-12(14)17-11)7-3-1-2-4-8(7)10/h1-6H,(H2,14,16). The van der Waals surface area contributed by atoms with Gasteiger partial charge in [0.1, 0.15) is 5.01 Å². The molecule has 0 saturated carbocycles. The molecule has 2 N–H and O–H groups in total. The molecule has 84 valence electrons. The molecule has 3 rings (SSSR count). The van der Waals surface area contributed by atoms with Crippen molar-refractivity contribution in [3.8, 4) is 10.6 Å². The fourth-order valence-corrected chi connectivity index (χ4v) is 2.92. The quantitative estimate of drug-likeness (QED) is 0.746. The first-order valence-electron chi connectivity index (χ1n) is 5.02. The van der Waals surface area contributed by atoms with Gasteiger partial charge in [0.25, 0.3) is 0 Å². The summed E-state index contributed by atoms with van der Waals surface area (Å²) in [6.45, 7) is 0. The molecule has 0 unspecified atom stereocenters. The van der Waals surface area contributed by atoms with Crippen molar-refractivity contribution in [1.82, 2.24) is 10.2 Å². The minimum absolute atomic E-state index is 0.493. The lowest BCUT2D eigenvalue weighted by molar-refractivity contribution is 1.10. The summed E-state index contributed by atoms with van der Waals surface area (Å²) in [6.07, 6.45) is 0. The molecule has 3 nitrogen and oxygen atoms in total. The van der Waals surface area contributed by atoms with Crippen LogP contribution in [0.15, 0.2) is 40.9 Å². The number of nitrogens with zero attached hydrogens (tertiary/aromatic N) is 2. The highest BCUT2D eigenvalue weighted by molar-refractivity contribution is 9.10. The average molecular weight is 306 g/mol. The predicted molar refractivity (Wildman–Crippen MR) is 75.0 cm³/mol. The van der Waals surface area contributed by atoms with E-state index in [1.807, 2.05) is 24.3 Å². The largest absolute Gasteiger partial charge is 0.374 e. The van der Waals surface area contributed by atoms with Gasteiger partial charge in [0, 0.05) is 10.0 Å². The smallest absolute Gasteiger partial charge is 0.203 e. The summed E-state index contributed by atoms with van der Waals surface area (Å²) in [6, 6.07) is 12.2. The van der Waals surface area contributed by atoms with Gasteiger partial charge in [-0.15, -0.1) is 10.2 Å². The number of rotatable bonds is 1. The van der Waals surface area contributed by atoms with Crippen LogP contribution in [0.3, 0.4) is 0 Å². The van der Waals surface area contributed by atoms with Gasteiger partial charge in [-0.25, -0.2) is 0 Å². The number of halogens is 1. The second-order valence-corrected chi connectivity index (χ2v) is 5.45. The molecule has 0 saturated heterocycles. The summed E-state index contributed by atoms with van der Waals surface area (Å²) < 4.78 is 1.08. The van der Waals surface area contributed by atoms with Gasteiger partial charge in [-0.05, 0) is 16.8 Å². The summed E-state index contributed by atoms with van der Waals surface area (Å²) in [7, 11) is 0. The van der Waals surface area contributed by atoms with Crippen LogP contribution >= 0.6 is 27.3 Å². The van der Waals surface area contributed by atoms with Gasteiger partial charge in [0.05, 0.1) is 0 Å². The average Bonchev–Trinajstić information content (AvgIpc) is 2.77. The van der Waals surface area contributed by atoms with Crippen LogP contribution in [0.4, 0.5) is 5.13 Å². The van der Waals surface area contributed by atoms with Crippen molar-refractivity contribution in [2.45, 2.75) is 0 Å². The van der Waals surface area contributed by atoms with Crippen molar-refractivity contribution < 1.29 is 0 Å². The van der Waals surface area contributed by atoms with Gasteiger partial charge in [0.15, 0.2) is 0 Å². The molecule has 17 heavy (non-hydrogen) atoms. The first-order chi connectivity index (χ1) is 8.25. The van der Waals surface area contributed by atoms with Crippen molar-refractivity contribution in [1.29, 1.82) is 0 Å². The monoisotopic (exact) mass is 305 g/mol. The van der Waals surface area contributed by atoms with Crippen LogP contribution in [0.2, 0.25) is 0 Å². The molecule has 0 radical (unpaired) electrons. The van der Waals surface area contributed by atoms with Gasteiger partial charge in [-0.1, -0.05) is 57.6 Å². The first-order valence-corrected chi connectivity index (χ1v) is 6.63. The van der Waals surface area contributed by atoms with E-state index in [-0.39, 0.29) is 0 Å². The molecule has 0 aliphatic carbocycles. The number of hydrogen-bond acceptors (Lipinski definition) is 4. The topological polar surface area (TPSA) is 51.8 Å². The van der Waals surface area contributed by atoms with Crippen LogP contribution < -0.4 is 5.73 Å². The molecule has 0 bridgehead atoms. The second-order valence-electron chi connectivity index (χ2n) is 3.59. The van der Waals surface area contributed by atoms with Gasteiger partial charge in [-0.2, -0.15) is 0 Å². The molecule has 3 aromatic rings. The van der Waals surface area contributed by atoms with Gasteiger partial charge in [-0.3, -0.25) is 0 Å².